The molecule has 4 aliphatic rings. The van der Waals surface area contributed by atoms with Gasteiger partial charge >= 0.3 is 18.2 Å². The summed E-state index contributed by atoms with van der Waals surface area (Å²) in [5.41, 5.74) is -0.926. The number of rotatable bonds is 13. The Morgan fingerprint density at radius 1 is 0.983 bits per heavy atom. The number of amides is 4. The van der Waals surface area contributed by atoms with Crippen LogP contribution in [0.5, 0.6) is 11.5 Å². The van der Waals surface area contributed by atoms with Gasteiger partial charge in [-0.2, -0.15) is 0 Å². The van der Waals surface area contributed by atoms with Gasteiger partial charge in [0.2, 0.25) is 11.8 Å². The summed E-state index contributed by atoms with van der Waals surface area (Å²) in [4.78, 5) is 77.4. The van der Waals surface area contributed by atoms with Crippen molar-refractivity contribution in [2.75, 3.05) is 19.0 Å². The Labute approximate surface area is 340 Å². The van der Waals surface area contributed by atoms with Gasteiger partial charge in [0, 0.05) is 35.2 Å². The van der Waals surface area contributed by atoms with Crippen LogP contribution in [0.25, 0.3) is 22.3 Å². The van der Waals surface area contributed by atoms with Gasteiger partial charge in [-0.05, 0) is 68.9 Å². The van der Waals surface area contributed by atoms with Gasteiger partial charge in [0.1, 0.15) is 53.1 Å². The maximum absolute atomic E-state index is 14.6. The number of aliphatic carboxylic acids is 1. The molecule has 17 heteroatoms. The van der Waals surface area contributed by atoms with Gasteiger partial charge in [-0.1, -0.05) is 26.8 Å². The molecule has 5 atom stereocenters. The number of pyridine rings is 1. The van der Waals surface area contributed by atoms with Gasteiger partial charge in [-0.15, -0.1) is 17.9 Å². The number of nitrogens with one attached hydrogen (secondary N) is 3. The Hall–Kier alpha value is -5.45. The van der Waals surface area contributed by atoms with Gasteiger partial charge in [0.05, 0.1) is 24.9 Å². The van der Waals surface area contributed by atoms with E-state index in [0.717, 1.165) is 44.9 Å². The van der Waals surface area contributed by atoms with Crippen molar-refractivity contribution in [3.63, 3.8) is 0 Å². The molecule has 2 aromatic heterocycles. The molecule has 3 aliphatic carbocycles. The van der Waals surface area contributed by atoms with Crippen LogP contribution in [-0.2, 0) is 23.9 Å². The molecule has 310 valence electrons. The van der Waals surface area contributed by atoms with Crippen molar-refractivity contribution in [2.24, 2.45) is 11.3 Å². The number of methoxy groups -OCH3 is 1. The Balaban J connectivity index is 1.17. The number of anilines is 1. The average molecular weight is 819 g/mol. The van der Waals surface area contributed by atoms with E-state index in [2.05, 4.69) is 27.5 Å². The molecule has 4 N–H and O–H groups in total. The van der Waals surface area contributed by atoms with Crippen LogP contribution in [0, 0.1) is 11.3 Å². The van der Waals surface area contributed by atoms with Crippen LogP contribution >= 0.6 is 11.3 Å². The summed E-state index contributed by atoms with van der Waals surface area (Å²) < 4.78 is 23.2. The normalized spacial score (nSPS) is 23.7. The van der Waals surface area contributed by atoms with Gasteiger partial charge in [-0.3, -0.25) is 14.9 Å². The van der Waals surface area contributed by atoms with E-state index < -0.39 is 65.0 Å². The van der Waals surface area contributed by atoms with E-state index in [1.165, 1.54) is 22.3 Å². The molecule has 3 heterocycles. The van der Waals surface area contributed by atoms with Crippen molar-refractivity contribution in [3.05, 3.63) is 42.3 Å². The van der Waals surface area contributed by atoms with Gasteiger partial charge in [0.25, 0.3) is 0 Å². The van der Waals surface area contributed by atoms with E-state index in [4.69, 9.17) is 23.9 Å². The molecule has 0 bridgehead atoms. The molecule has 4 fully saturated rings. The van der Waals surface area contributed by atoms with Crippen molar-refractivity contribution in [3.8, 4) is 22.9 Å². The molecule has 7 rings (SSSR count). The van der Waals surface area contributed by atoms with Crippen LogP contribution in [-0.4, -0.2) is 99.5 Å². The number of ether oxygens (including phenoxy) is 4. The lowest BCUT2D eigenvalue weighted by atomic mass is 9.85. The summed E-state index contributed by atoms with van der Waals surface area (Å²) in [5, 5.41) is 21.0. The van der Waals surface area contributed by atoms with Crippen LogP contribution in [0.1, 0.15) is 78.6 Å². The highest BCUT2D eigenvalue weighted by molar-refractivity contribution is 7.14. The summed E-state index contributed by atoms with van der Waals surface area (Å²) in [6.45, 7) is 9.06. The molecule has 4 amide bonds. The number of hydrogen-bond donors (Lipinski definition) is 4. The number of alkyl carbamates (subject to hydrolysis) is 1. The quantitative estimate of drug-likeness (QED) is 0.146. The smallest absolute Gasteiger partial charge is 0.413 e. The second-order valence-electron chi connectivity index (χ2n) is 16.6. The standard InChI is InChI=1S/C41H50N6O10S/c1-6-22-19-41(22,36(50)51)46-34(48)31-17-26(20-47(31)35(49)33(40(2,3)4)44-38(52)56-24-12-9-13-24)55-32-18-29(42-28-16-25(54-5)14-15-27(28)32)30-21-58-37(43-30)45-39(53)57-23-10-7-8-11-23/h6,14-16,18,21-24,26,31,33H,1,7-13,17,19-20H2,2-5H3,(H,44,52)(H,46,48)(H,50,51)(H,43,45,53)/t22-,26?,31+,33-,41-/m1/s1. The summed E-state index contributed by atoms with van der Waals surface area (Å²) in [7, 11) is 1.54. The van der Waals surface area contributed by atoms with Crippen molar-refractivity contribution in [1.82, 2.24) is 25.5 Å². The first-order valence-corrected chi connectivity index (χ1v) is 20.6. The van der Waals surface area contributed by atoms with E-state index in [1.807, 2.05) is 0 Å². The largest absolute Gasteiger partial charge is 0.497 e. The molecular formula is C41H50N6O10S. The maximum atomic E-state index is 14.6. The Bertz CT molecular complexity index is 2090. The minimum Gasteiger partial charge on any atom is -0.497 e. The summed E-state index contributed by atoms with van der Waals surface area (Å²) in [6.07, 6.45) is 5.49. The SMILES string of the molecule is C=C[C@@H]1C[C@]1(NC(=O)[C@@H]1CC(Oc2cc(-c3csc(NC(=O)OC4CCCC4)n3)nc3cc(OC)ccc23)CN1C(=O)[C@@H](NC(=O)OC1CCC1)C(C)(C)C)C(=O)O. The predicted molar refractivity (Wildman–Crippen MR) is 214 cm³/mol. The van der Waals surface area contributed by atoms with Crippen molar-refractivity contribution < 1.29 is 48.0 Å². The number of likely N-dealkylation sites (tertiary alicyclic amines) is 1. The third-order valence-electron chi connectivity index (χ3n) is 11.4. The first kappa shape index (κ1) is 40.7. The second-order valence-corrected chi connectivity index (χ2v) is 17.4. The van der Waals surface area contributed by atoms with Gasteiger partial charge < -0.3 is 39.6 Å². The lowest BCUT2D eigenvalue weighted by molar-refractivity contribution is -0.146. The van der Waals surface area contributed by atoms with Crippen LogP contribution in [0.4, 0.5) is 14.7 Å². The number of thiazole rings is 1. The van der Waals surface area contributed by atoms with Crippen LogP contribution in [0.15, 0.2) is 42.3 Å². The minimum absolute atomic E-state index is 0.0125. The average Bonchev–Trinajstić information content (AvgIpc) is 3.57. The highest BCUT2D eigenvalue weighted by Gasteiger charge is 2.61. The van der Waals surface area contributed by atoms with Crippen molar-refractivity contribution in [1.29, 1.82) is 0 Å². The van der Waals surface area contributed by atoms with E-state index in [9.17, 15) is 29.1 Å². The molecule has 0 spiro atoms. The molecule has 1 aromatic carbocycles. The molecule has 16 nitrogen and oxygen atoms in total. The fourth-order valence-electron chi connectivity index (χ4n) is 7.73. The number of nitrogens with zero attached hydrogens (tertiary/aromatic N) is 3. The molecule has 3 aromatic rings. The number of carbonyl (C=O) groups excluding carboxylic acids is 4. The maximum Gasteiger partial charge on any atom is 0.413 e. The fourth-order valence-corrected chi connectivity index (χ4v) is 8.42. The summed E-state index contributed by atoms with van der Waals surface area (Å²) in [6, 6.07) is 4.78. The topological polar surface area (TPSA) is 208 Å². The van der Waals surface area contributed by atoms with Crippen LogP contribution in [0.2, 0.25) is 0 Å². The lowest BCUT2D eigenvalue weighted by Crippen LogP contribution is -2.59. The minimum atomic E-state index is -1.54. The van der Waals surface area contributed by atoms with E-state index in [-0.39, 0.29) is 31.6 Å². The molecule has 58 heavy (non-hydrogen) atoms. The van der Waals surface area contributed by atoms with E-state index >= 15 is 0 Å². The Morgan fingerprint density at radius 3 is 2.31 bits per heavy atom. The van der Waals surface area contributed by atoms with Crippen LogP contribution in [0.3, 0.4) is 0 Å². The Kier molecular flexibility index (Phi) is 11.5. The highest BCUT2D eigenvalue weighted by Crippen LogP contribution is 2.45. The number of carboxylic acids is 1. The lowest BCUT2D eigenvalue weighted by Gasteiger charge is -2.36. The van der Waals surface area contributed by atoms with E-state index in [0.29, 0.717) is 38.9 Å². The third-order valence-corrected chi connectivity index (χ3v) is 12.2. The molecule has 0 radical (unpaired) electrons. The molecule has 1 aliphatic heterocycles. The summed E-state index contributed by atoms with van der Waals surface area (Å²) >= 11 is 1.21. The zero-order valence-electron chi connectivity index (χ0n) is 33.1. The molecule has 1 unspecified atom stereocenters. The molecule has 3 saturated carbocycles. The van der Waals surface area contributed by atoms with E-state index in [1.54, 1.807) is 57.5 Å². The first-order chi connectivity index (χ1) is 27.7. The highest BCUT2D eigenvalue weighted by atomic mass is 32.1. The number of carbonyl (C=O) groups is 5. The number of hydrogen-bond acceptors (Lipinski definition) is 12. The zero-order chi connectivity index (χ0) is 41.4. The number of aromatic nitrogens is 2. The molecular weight excluding hydrogens is 769 g/mol. The van der Waals surface area contributed by atoms with Gasteiger partial charge in [-0.25, -0.2) is 24.4 Å². The van der Waals surface area contributed by atoms with Crippen molar-refractivity contribution >= 4 is 57.3 Å². The number of carboxylic acid groups (broad SMARTS) is 1. The van der Waals surface area contributed by atoms with Crippen LogP contribution < -0.4 is 25.4 Å². The number of fused-ring (bicyclic) bond motifs is 1. The third kappa shape index (κ3) is 8.68. The Morgan fingerprint density at radius 2 is 1.69 bits per heavy atom. The zero-order valence-corrected chi connectivity index (χ0v) is 33.9. The fraction of sp³-hybridized carbons (Fsp3) is 0.537. The monoisotopic (exact) mass is 818 g/mol. The number of benzene rings is 1. The van der Waals surface area contributed by atoms with Crippen molar-refractivity contribution in [2.45, 2.75) is 114 Å². The summed E-state index contributed by atoms with van der Waals surface area (Å²) in [5.74, 6) is -1.93. The predicted octanol–water partition coefficient (Wildman–Crippen LogP) is 6.05. The second kappa shape index (κ2) is 16.4. The van der Waals surface area contributed by atoms with Gasteiger partial charge in [0.15, 0.2) is 5.13 Å². The first-order valence-electron chi connectivity index (χ1n) is 19.7. The molecule has 1 saturated heterocycles.